The second kappa shape index (κ2) is 7.21. The number of piperazine rings is 1. The lowest BCUT2D eigenvalue weighted by Gasteiger charge is -2.36. The van der Waals surface area contributed by atoms with Crippen LogP contribution in [0.4, 0.5) is 0 Å². The highest BCUT2D eigenvalue weighted by Gasteiger charge is 2.36. The molecule has 120 valence electrons. The Kier molecular flexibility index (Phi) is 5.30. The molecule has 0 aromatic heterocycles. The number of carbonyl (C=O) groups excluding carboxylic acids is 1. The number of likely N-dealkylation sites (tertiary alicyclic amines) is 1. The molecule has 2 saturated heterocycles. The highest BCUT2D eigenvalue weighted by Crippen LogP contribution is 2.32. The minimum atomic E-state index is 0.355. The normalized spacial score (nSPS) is 33.7. The molecule has 1 saturated carbocycles. The molecule has 0 radical (unpaired) electrons. The zero-order valence-electron chi connectivity index (χ0n) is 13.6. The van der Waals surface area contributed by atoms with Crippen molar-refractivity contribution >= 4 is 5.78 Å². The average Bonchev–Trinajstić information content (AvgIpc) is 2.95. The molecule has 0 aromatic rings. The third kappa shape index (κ3) is 3.85. The molecule has 0 amide bonds. The Labute approximate surface area is 129 Å². The summed E-state index contributed by atoms with van der Waals surface area (Å²) in [4.78, 5) is 19.9. The second-order valence-corrected chi connectivity index (χ2v) is 7.21. The zero-order chi connectivity index (χ0) is 14.7. The van der Waals surface area contributed by atoms with Crippen molar-refractivity contribution < 1.29 is 4.79 Å². The molecule has 2 aliphatic heterocycles. The lowest BCUT2D eigenvalue weighted by molar-refractivity contribution is -0.126. The van der Waals surface area contributed by atoms with E-state index in [0.717, 1.165) is 25.8 Å². The predicted molar refractivity (Wildman–Crippen MR) is 85.5 cm³/mol. The van der Waals surface area contributed by atoms with Crippen molar-refractivity contribution in [1.29, 1.82) is 0 Å². The predicted octanol–water partition coefficient (Wildman–Crippen LogP) is 1.46. The first-order valence-electron chi connectivity index (χ1n) is 8.92. The van der Waals surface area contributed by atoms with E-state index in [4.69, 9.17) is 0 Å². The van der Waals surface area contributed by atoms with Gasteiger partial charge in [-0.2, -0.15) is 0 Å². The van der Waals surface area contributed by atoms with E-state index in [2.05, 4.69) is 21.7 Å². The molecule has 4 nitrogen and oxygen atoms in total. The van der Waals surface area contributed by atoms with E-state index in [-0.39, 0.29) is 0 Å². The van der Waals surface area contributed by atoms with Gasteiger partial charge in [0, 0.05) is 57.6 Å². The van der Waals surface area contributed by atoms with Gasteiger partial charge in [0.25, 0.3) is 0 Å². The maximum Gasteiger partial charge on any atom is 0.137 e. The molecule has 2 heterocycles. The number of likely N-dealkylation sites (N-methyl/N-ethyl adjacent to an activating group) is 1. The van der Waals surface area contributed by atoms with Crippen LogP contribution < -0.4 is 0 Å². The van der Waals surface area contributed by atoms with Crippen LogP contribution in [-0.4, -0.2) is 79.4 Å². The van der Waals surface area contributed by atoms with E-state index in [1.807, 2.05) is 0 Å². The summed E-state index contributed by atoms with van der Waals surface area (Å²) in [6.45, 7) is 8.37. The molecular formula is C17H31N3O. The highest BCUT2D eigenvalue weighted by atomic mass is 16.1. The van der Waals surface area contributed by atoms with Gasteiger partial charge in [0.05, 0.1) is 0 Å². The molecular weight excluding hydrogens is 262 g/mol. The third-order valence-electron chi connectivity index (χ3n) is 5.78. The molecule has 4 heteroatoms. The van der Waals surface area contributed by atoms with Crippen molar-refractivity contribution in [1.82, 2.24) is 14.7 Å². The van der Waals surface area contributed by atoms with E-state index >= 15 is 0 Å². The molecule has 2 atom stereocenters. The fourth-order valence-corrected chi connectivity index (χ4v) is 4.34. The monoisotopic (exact) mass is 293 g/mol. The Morgan fingerprint density at radius 3 is 2.52 bits per heavy atom. The number of ketones is 1. The number of hydrogen-bond acceptors (Lipinski definition) is 4. The van der Waals surface area contributed by atoms with Gasteiger partial charge in [-0.25, -0.2) is 0 Å². The van der Waals surface area contributed by atoms with Crippen LogP contribution in [0, 0.1) is 5.92 Å². The fraction of sp³-hybridized carbons (Fsp3) is 0.941. The minimum absolute atomic E-state index is 0.355. The molecule has 1 aliphatic carbocycles. The Balaban J connectivity index is 1.49. The molecule has 3 aliphatic rings. The Morgan fingerprint density at radius 2 is 1.76 bits per heavy atom. The van der Waals surface area contributed by atoms with Gasteiger partial charge in [0.2, 0.25) is 0 Å². The summed E-state index contributed by atoms with van der Waals surface area (Å²) in [7, 11) is 2.21. The van der Waals surface area contributed by atoms with Gasteiger partial charge < -0.3 is 4.90 Å². The van der Waals surface area contributed by atoms with Crippen LogP contribution in [0.15, 0.2) is 0 Å². The van der Waals surface area contributed by atoms with Crippen molar-refractivity contribution in [2.75, 3.05) is 52.9 Å². The van der Waals surface area contributed by atoms with E-state index in [1.165, 1.54) is 58.5 Å². The summed E-state index contributed by atoms with van der Waals surface area (Å²) in [6.07, 6.45) is 6.92. The summed E-state index contributed by atoms with van der Waals surface area (Å²) >= 11 is 0. The third-order valence-corrected chi connectivity index (χ3v) is 5.78. The minimum Gasteiger partial charge on any atom is -0.304 e. The topological polar surface area (TPSA) is 26.8 Å². The van der Waals surface area contributed by atoms with Gasteiger partial charge in [-0.3, -0.25) is 14.6 Å². The van der Waals surface area contributed by atoms with E-state index < -0.39 is 0 Å². The molecule has 3 fully saturated rings. The van der Waals surface area contributed by atoms with Crippen LogP contribution in [0.25, 0.3) is 0 Å². The number of Topliss-reactive ketones (excluding diaryl/α,β-unsaturated/α-hetero) is 1. The smallest absolute Gasteiger partial charge is 0.137 e. The number of nitrogens with zero attached hydrogens (tertiary/aromatic N) is 3. The standard InChI is InChI=1S/C17H31N3O/c1-18-9-11-19(12-10-18)13-14-20-8-4-6-16(20)15-5-2-3-7-17(15)21/h15-16H,2-14H2,1H3. The Bertz CT molecular complexity index is 352. The van der Waals surface area contributed by atoms with Crippen LogP contribution in [-0.2, 0) is 4.79 Å². The van der Waals surface area contributed by atoms with Crippen LogP contribution in [0.3, 0.4) is 0 Å². The summed E-state index contributed by atoms with van der Waals surface area (Å²) in [5, 5.41) is 0. The van der Waals surface area contributed by atoms with E-state index in [1.54, 1.807) is 0 Å². The molecule has 2 unspecified atom stereocenters. The number of carbonyl (C=O) groups is 1. The van der Waals surface area contributed by atoms with Crippen molar-refractivity contribution in [3.63, 3.8) is 0 Å². The SMILES string of the molecule is CN1CCN(CCN2CCCC2C2CCCCC2=O)CC1. The van der Waals surface area contributed by atoms with Gasteiger partial charge in [0.1, 0.15) is 5.78 Å². The van der Waals surface area contributed by atoms with Gasteiger partial charge in [-0.1, -0.05) is 6.42 Å². The number of hydrogen-bond donors (Lipinski definition) is 0. The van der Waals surface area contributed by atoms with Crippen molar-refractivity contribution in [3.8, 4) is 0 Å². The van der Waals surface area contributed by atoms with Gasteiger partial charge in [-0.05, 0) is 39.3 Å². The van der Waals surface area contributed by atoms with Crippen LogP contribution >= 0.6 is 0 Å². The summed E-state index contributed by atoms with van der Waals surface area (Å²) in [5.74, 6) is 0.909. The molecule has 0 N–H and O–H groups in total. The van der Waals surface area contributed by atoms with Gasteiger partial charge in [-0.15, -0.1) is 0 Å². The Morgan fingerprint density at radius 1 is 0.952 bits per heavy atom. The second-order valence-electron chi connectivity index (χ2n) is 7.21. The van der Waals surface area contributed by atoms with Gasteiger partial charge >= 0.3 is 0 Å². The maximum absolute atomic E-state index is 12.2. The molecule has 0 aromatic carbocycles. The summed E-state index contributed by atoms with van der Waals surface area (Å²) in [5.41, 5.74) is 0. The zero-order valence-corrected chi connectivity index (χ0v) is 13.6. The number of rotatable bonds is 4. The van der Waals surface area contributed by atoms with Crippen LogP contribution in [0.5, 0.6) is 0 Å². The largest absolute Gasteiger partial charge is 0.304 e. The molecule has 0 bridgehead atoms. The van der Waals surface area contributed by atoms with Crippen molar-refractivity contribution in [3.05, 3.63) is 0 Å². The maximum atomic E-state index is 12.2. The highest BCUT2D eigenvalue weighted by molar-refractivity contribution is 5.82. The fourth-order valence-electron chi connectivity index (χ4n) is 4.34. The first kappa shape index (κ1) is 15.4. The Hall–Kier alpha value is -0.450. The summed E-state index contributed by atoms with van der Waals surface area (Å²) < 4.78 is 0. The molecule has 0 spiro atoms. The first-order valence-corrected chi connectivity index (χ1v) is 8.92. The van der Waals surface area contributed by atoms with E-state index in [9.17, 15) is 4.79 Å². The van der Waals surface area contributed by atoms with E-state index in [0.29, 0.717) is 17.7 Å². The average molecular weight is 293 g/mol. The quantitative estimate of drug-likeness (QED) is 0.784. The lowest BCUT2D eigenvalue weighted by atomic mass is 9.82. The summed E-state index contributed by atoms with van der Waals surface area (Å²) in [6, 6.07) is 0.560. The van der Waals surface area contributed by atoms with Crippen LogP contribution in [0.1, 0.15) is 38.5 Å². The van der Waals surface area contributed by atoms with Gasteiger partial charge in [0.15, 0.2) is 0 Å². The first-order chi connectivity index (χ1) is 10.2. The van der Waals surface area contributed by atoms with Crippen LogP contribution in [0.2, 0.25) is 0 Å². The van der Waals surface area contributed by atoms with Crippen molar-refractivity contribution in [2.24, 2.45) is 5.92 Å². The molecule has 3 rings (SSSR count). The van der Waals surface area contributed by atoms with Crippen molar-refractivity contribution in [2.45, 2.75) is 44.6 Å². The molecule has 21 heavy (non-hydrogen) atoms. The lowest BCUT2D eigenvalue weighted by Crippen LogP contribution is -2.48.